The van der Waals surface area contributed by atoms with E-state index in [0.29, 0.717) is 98.2 Å². The van der Waals surface area contributed by atoms with Gasteiger partial charge in [0, 0.05) is 11.9 Å². The van der Waals surface area contributed by atoms with Crippen molar-refractivity contribution in [3.8, 4) is 5.75 Å². The Hall–Kier alpha value is -1.07. The van der Waals surface area contributed by atoms with Crippen molar-refractivity contribution >= 4 is 47.1 Å². The highest BCUT2D eigenvalue weighted by atomic mass is 31.0. The van der Waals surface area contributed by atoms with Crippen LogP contribution in [0.15, 0.2) is 6.07 Å². The fourth-order valence-electron chi connectivity index (χ4n) is 3.31. The van der Waals surface area contributed by atoms with Crippen LogP contribution >= 0.6 is 9.24 Å². The van der Waals surface area contributed by atoms with Crippen molar-refractivity contribution in [2.75, 3.05) is 106 Å². The summed E-state index contributed by atoms with van der Waals surface area (Å²) in [6, 6.07) is 2.08. The third-order valence-electron chi connectivity index (χ3n) is 5.65. The fraction of sp³-hybridized carbons (Fsp3) is 0.741. The van der Waals surface area contributed by atoms with E-state index in [4.69, 9.17) is 42.6 Å². The van der Waals surface area contributed by atoms with Crippen LogP contribution in [-0.4, -0.2) is 127 Å². The van der Waals surface area contributed by atoms with Crippen LogP contribution in [0.2, 0.25) is 0 Å². The summed E-state index contributed by atoms with van der Waals surface area (Å²) in [7, 11) is 6.61. The molecule has 0 aromatic heterocycles. The molecular formula is C27H49B2O10P. The van der Waals surface area contributed by atoms with Gasteiger partial charge in [-0.2, -0.15) is 0 Å². The minimum atomic E-state index is -0.310. The molecule has 0 aliphatic heterocycles. The van der Waals surface area contributed by atoms with Crippen LogP contribution in [0.3, 0.4) is 0 Å². The summed E-state index contributed by atoms with van der Waals surface area (Å²) in [5.74, 6) is 0.313. The lowest BCUT2D eigenvalue weighted by Gasteiger charge is -2.15. The molecule has 0 amide bonds. The molecule has 10 nitrogen and oxygen atoms in total. The SMILES string of the molecule is Bc1cc(C)c(P)c(OC(=O)CCOCCOCCOCCOCCOCCOCCOCCOCCC)c1B. The Kier molecular flexibility index (Phi) is 23.7. The first-order chi connectivity index (χ1) is 19.5. The van der Waals surface area contributed by atoms with Gasteiger partial charge in [-0.3, -0.25) is 4.79 Å². The van der Waals surface area contributed by atoms with Crippen molar-refractivity contribution in [1.29, 1.82) is 0 Å². The number of benzene rings is 1. The van der Waals surface area contributed by atoms with Crippen molar-refractivity contribution in [3.63, 3.8) is 0 Å². The molecule has 1 atom stereocenters. The number of carbonyl (C=O) groups is 1. The van der Waals surface area contributed by atoms with Gasteiger partial charge in [-0.05, 0) is 18.9 Å². The van der Waals surface area contributed by atoms with Crippen molar-refractivity contribution < 1.29 is 47.4 Å². The molecule has 228 valence electrons. The standard InChI is InChI=1S/C27H49B2O10P/c1-3-5-31-7-9-33-11-13-35-15-17-37-19-20-38-18-16-36-14-12-34-10-8-32-6-4-24(30)39-26-25(29)23(28)21-22(2)27(26)40/h21H,3-20,28-29,40H2,1-2H3. The van der Waals surface area contributed by atoms with E-state index in [9.17, 15) is 4.79 Å². The molecule has 13 heteroatoms. The van der Waals surface area contributed by atoms with Gasteiger partial charge in [-0.15, -0.1) is 9.24 Å². The summed E-state index contributed by atoms with van der Waals surface area (Å²) in [4.78, 5) is 12.2. The van der Waals surface area contributed by atoms with Crippen LogP contribution in [0.25, 0.3) is 0 Å². The zero-order valence-electron chi connectivity index (χ0n) is 25.0. The van der Waals surface area contributed by atoms with Gasteiger partial charge in [-0.25, -0.2) is 0 Å². The minimum Gasteiger partial charge on any atom is -0.426 e. The minimum absolute atomic E-state index is 0.184. The predicted molar refractivity (Wildman–Crippen MR) is 164 cm³/mol. The van der Waals surface area contributed by atoms with E-state index in [1.165, 1.54) is 0 Å². The second-order valence-electron chi connectivity index (χ2n) is 9.00. The lowest BCUT2D eigenvalue weighted by Crippen LogP contribution is -2.33. The van der Waals surface area contributed by atoms with Crippen LogP contribution in [0.4, 0.5) is 0 Å². The molecule has 0 spiro atoms. The van der Waals surface area contributed by atoms with Gasteiger partial charge in [0.15, 0.2) is 0 Å². The summed E-state index contributed by atoms with van der Waals surface area (Å²) in [5, 5.41) is 0.910. The molecule has 0 saturated heterocycles. The van der Waals surface area contributed by atoms with Gasteiger partial charge in [0.2, 0.25) is 0 Å². The summed E-state index contributed by atoms with van der Waals surface area (Å²) in [5.41, 5.74) is 3.15. The Bertz CT molecular complexity index is 762. The molecule has 0 fully saturated rings. The van der Waals surface area contributed by atoms with Crippen LogP contribution in [0.5, 0.6) is 5.75 Å². The van der Waals surface area contributed by atoms with Crippen molar-refractivity contribution in [2.45, 2.75) is 26.7 Å². The first-order valence-corrected chi connectivity index (χ1v) is 14.7. The molecule has 0 bridgehead atoms. The van der Waals surface area contributed by atoms with Gasteiger partial charge in [0.25, 0.3) is 0 Å². The molecule has 0 aliphatic rings. The molecule has 40 heavy (non-hydrogen) atoms. The molecule has 0 saturated carbocycles. The topological polar surface area (TPSA) is 100 Å². The predicted octanol–water partition coefficient (Wildman–Crippen LogP) is -1.15. The average Bonchev–Trinajstić information content (AvgIpc) is 2.94. The Morgan fingerprint density at radius 3 is 1.38 bits per heavy atom. The number of hydrogen-bond acceptors (Lipinski definition) is 10. The largest absolute Gasteiger partial charge is 0.426 e. The van der Waals surface area contributed by atoms with Gasteiger partial charge < -0.3 is 42.6 Å². The van der Waals surface area contributed by atoms with Gasteiger partial charge >= 0.3 is 5.97 Å². The Morgan fingerprint density at radius 2 is 1.00 bits per heavy atom. The lowest BCUT2D eigenvalue weighted by atomic mass is 9.79. The van der Waals surface area contributed by atoms with Gasteiger partial charge in [0.1, 0.15) is 21.4 Å². The van der Waals surface area contributed by atoms with Gasteiger partial charge in [-0.1, -0.05) is 23.9 Å². The van der Waals surface area contributed by atoms with Crippen LogP contribution in [0.1, 0.15) is 25.3 Å². The Labute approximate surface area is 244 Å². The van der Waals surface area contributed by atoms with E-state index in [-0.39, 0.29) is 19.0 Å². The number of aryl methyl sites for hydroxylation is 1. The number of carbonyl (C=O) groups excluding carboxylic acids is 1. The lowest BCUT2D eigenvalue weighted by molar-refractivity contribution is -0.135. The summed E-state index contributed by atoms with van der Waals surface area (Å²) in [6.07, 6.45) is 1.21. The molecule has 1 aromatic carbocycles. The van der Waals surface area contributed by atoms with Crippen molar-refractivity contribution in [3.05, 3.63) is 11.6 Å². The Morgan fingerprint density at radius 1 is 0.650 bits per heavy atom. The first kappa shape index (κ1) is 37.0. The van der Waals surface area contributed by atoms with E-state index in [1.807, 2.05) is 22.6 Å². The highest BCUT2D eigenvalue weighted by Gasteiger charge is 2.13. The molecule has 0 radical (unpaired) electrons. The number of esters is 1. The maximum absolute atomic E-state index is 12.2. The zero-order chi connectivity index (χ0) is 29.3. The quantitative estimate of drug-likeness (QED) is 0.0414. The van der Waals surface area contributed by atoms with E-state index in [0.717, 1.165) is 34.8 Å². The highest BCUT2D eigenvalue weighted by molar-refractivity contribution is 7.28. The molecule has 1 rings (SSSR count). The number of rotatable bonds is 27. The second kappa shape index (κ2) is 25.6. The third kappa shape index (κ3) is 19.1. The van der Waals surface area contributed by atoms with E-state index < -0.39 is 0 Å². The molecule has 1 unspecified atom stereocenters. The maximum atomic E-state index is 12.2. The van der Waals surface area contributed by atoms with E-state index in [2.05, 4.69) is 22.2 Å². The fourth-order valence-corrected chi connectivity index (χ4v) is 3.67. The average molecular weight is 586 g/mol. The Balaban J connectivity index is 1.80. The van der Waals surface area contributed by atoms with Crippen LogP contribution < -0.4 is 21.0 Å². The summed E-state index contributed by atoms with van der Waals surface area (Å²) < 4.78 is 49.1. The molecule has 0 N–H and O–H groups in total. The van der Waals surface area contributed by atoms with E-state index >= 15 is 0 Å². The first-order valence-electron chi connectivity index (χ1n) is 14.2. The van der Waals surface area contributed by atoms with Crippen molar-refractivity contribution in [1.82, 2.24) is 0 Å². The van der Waals surface area contributed by atoms with Crippen LogP contribution in [0, 0.1) is 6.92 Å². The zero-order valence-corrected chi connectivity index (χ0v) is 26.1. The normalized spacial score (nSPS) is 11.3. The van der Waals surface area contributed by atoms with Crippen molar-refractivity contribution in [2.24, 2.45) is 0 Å². The third-order valence-corrected chi connectivity index (χ3v) is 6.37. The summed E-state index contributed by atoms with van der Waals surface area (Å²) >= 11 is 0. The molecule has 0 heterocycles. The molecule has 1 aromatic rings. The van der Waals surface area contributed by atoms with Gasteiger partial charge in [0.05, 0.1) is 106 Å². The monoisotopic (exact) mass is 586 g/mol. The van der Waals surface area contributed by atoms with Crippen LogP contribution in [-0.2, 0) is 42.7 Å². The smallest absolute Gasteiger partial charge is 0.313 e. The van der Waals surface area contributed by atoms with E-state index in [1.54, 1.807) is 0 Å². The molecular weight excluding hydrogens is 537 g/mol. The second-order valence-corrected chi connectivity index (χ2v) is 9.58. The summed E-state index contributed by atoms with van der Waals surface area (Å²) in [6.45, 7) is 12.3. The number of ether oxygens (including phenoxy) is 9. The highest BCUT2D eigenvalue weighted by Crippen LogP contribution is 2.10. The number of hydrogen-bond donors (Lipinski definition) is 0. The molecule has 0 aliphatic carbocycles. The maximum Gasteiger partial charge on any atom is 0.313 e.